The Morgan fingerprint density at radius 1 is 1.12 bits per heavy atom. The van der Waals surface area contributed by atoms with Crippen molar-refractivity contribution in [3.8, 4) is 0 Å². The van der Waals surface area contributed by atoms with Crippen LogP contribution in [-0.4, -0.2) is 29.3 Å². The molecule has 1 unspecified atom stereocenters. The highest BCUT2D eigenvalue weighted by Gasteiger charge is 2.07. The molecule has 4 nitrogen and oxygen atoms in total. The van der Waals surface area contributed by atoms with Crippen LogP contribution in [0.15, 0.2) is 65.3 Å². The molecule has 0 aliphatic heterocycles. The second-order valence-electron chi connectivity index (χ2n) is 5.57. The van der Waals surface area contributed by atoms with Crippen molar-refractivity contribution >= 4 is 32.5 Å². The molecule has 0 saturated heterocycles. The summed E-state index contributed by atoms with van der Waals surface area (Å²) in [5, 5.41) is 14.4. The summed E-state index contributed by atoms with van der Waals surface area (Å²) in [6.45, 7) is 1.19. The smallest absolute Gasteiger partial charge is 0.0945 e. The number of halogens is 1. The van der Waals surface area contributed by atoms with Crippen LogP contribution in [-0.2, 0) is 11.3 Å². The van der Waals surface area contributed by atoms with Crippen LogP contribution in [0, 0.1) is 0 Å². The Morgan fingerprint density at radius 3 is 2.79 bits per heavy atom. The molecule has 0 radical (unpaired) electrons. The summed E-state index contributed by atoms with van der Waals surface area (Å²) in [6.07, 6.45) is 1.19. The van der Waals surface area contributed by atoms with Crippen LogP contribution < -0.4 is 5.32 Å². The molecule has 1 aromatic heterocycles. The van der Waals surface area contributed by atoms with Gasteiger partial charge in [0, 0.05) is 22.6 Å². The minimum absolute atomic E-state index is 0.283. The van der Waals surface area contributed by atoms with E-state index in [4.69, 9.17) is 4.74 Å². The lowest BCUT2D eigenvalue weighted by atomic mass is 10.2. The van der Waals surface area contributed by atoms with Gasteiger partial charge in [-0.05, 0) is 33.6 Å². The van der Waals surface area contributed by atoms with Gasteiger partial charge >= 0.3 is 0 Å². The van der Waals surface area contributed by atoms with Gasteiger partial charge in [-0.2, -0.15) is 0 Å². The molecule has 124 valence electrons. The molecule has 0 spiro atoms. The molecule has 0 aliphatic carbocycles. The van der Waals surface area contributed by atoms with Gasteiger partial charge in [-0.3, -0.25) is 4.98 Å². The number of aliphatic hydroxyl groups excluding tert-OH is 1. The number of aliphatic hydroxyl groups is 1. The van der Waals surface area contributed by atoms with Crippen molar-refractivity contribution in [2.75, 3.05) is 18.5 Å². The average molecular weight is 387 g/mol. The summed E-state index contributed by atoms with van der Waals surface area (Å²) in [7, 11) is 0. The van der Waals surface area contributed by atoms with Crippen molar-refractivity contribution in [3.63, 3.8) is 0 Å². The van der Waals surface area contributed by atoms with Gasteiger partial charge in [0.25, 0.3) is 0 Å². The Kier molecular flexibility index (Phi) is 5.80. The summed E-state index contributed by atoms with van der Waals surface area (Å²) in [5.74, 6) is 0. The zero-order valence-corrected chi connectivity index (χ0v) is 14.7. The molecule has 2 N–H and O–H groups in total. The van der Waals surface area contributed by atoms with Crippen LogP contribution in [0.2, 0.25) is 0 Å². The van der Waals surface area contributed by atoms with Gasteiger partial charge in [0.2, 0.25) is 0 Å². The fourth-order valence-corrected chi connectivity index (χ4v) is 2.80. The zero-order valence-electron chi connectivity index (χ0n) is 13.2. The zero-order chi connectivity index (χ0) is 16.8. The Bertz CT molecular complexity index is 796. The number of hydrogen-bond acceptors (Lipinski definition) is 4. The van der Waals surface area contributed by atoms with Crippen LogP contribution in [0.5, 0.6) is 0 Å². The molecule has 24 heavy (non-hydrogen) atoms. The van der Waals surface area contributed by atoms with E-state index in [1.54, 1.807) is 6.20 Å². The van der Waals surface area contributed by atoms with E-state index in [1.165, 1.54) is 0 Å². The lowest BCUT2D eigenvalue weighted by Gasteiger charge is -2.14. The minimum Gasteiger partial charge on any atom is -0.389 e. The Hall–Kier alpha value is -1.95. The highest BCUT2D eigenvalue weighted by molar-refractivity contribution is 9.10. The molecule has 3 rings (SSSR count). The second kappa shape index (κ2) is 8.24. The average Bonchev–Trinajstić information content (AvgIpc) is 2.60. The number of para-hydroxylation sites is 1. The summed E-state index contributed by atoms with van der Waals surface area (Å²) >= 11 is 3.43. The van der Waals surface area contributed by atoms with E-state index in [0.717, 1.165) is 26.6 Å². The number of ether oxygens (including phenoxy) is 1. The third kappa shape index (κ3) is 4.54. The van der Waals surface area contributed by atoms with Crippen LogP contribution in [0.25, 0.3) is 10.9 Å². The van der Waals surface area contributed by atoms with Crippen molar-refractivity contribution in [2.24, 2.45) is 0 Å². The van der Waals surface area contributed by atoms with Gasteiger partial charge in [-0.25, -0.2) is 0 Å². The Morgan fingerprint density at radius 2 is 1.96 bits per heavy atom. The van der Waals surface area contributed by atoms with E-state index in [2.05, 4.69) is 26.2 Å². The molecular formula is C19H19BrN2O2. The first-order chi connectivity index (χ1) is 11.7. The molecule has 0 fully saturated rings. The molecule has 0 amide bonds. The summed E-state index contributed by atoms with van der Waals surface area (Å²) in [4.78, 5) is 4.44. The van der Waals surface area contributed by atoms with Gasteiger partial charge in [0.1, 0.15) is 0 Å². The lowest BCUT2D eigenvalue weighted by molar-refractivity contribution is 0.0348. The number of hydrogen-bond donors (Lipinski definition) is 2. The quantitative estimate of drug-likeness (QED) is 0.644. The van der Waals surface area contributed by atoms with Crippen LogP contribution >= 0.6 is 15.9 Å². The number of nitrogens with one attached hydrogen (secondary N) is 1. The Labute approximate surface area is 149 Å². The predicted molar refractivity (Wildman–Crippen MR) is 100 cm³/mol. The van der Waals surface area contributed by atoms with Crippen molar-refractivity contribution in [3.05, 3.63) is 70.8 Å². The maximum absolute atomic E-state index is 10.1. The molecular weight excluding hydrogens is 368 g/mol. The molecule has 0 aliphatic rings. The maximum Gasteiger partial charge on any atom is 0.0945 e. The number of rotatable bonds is 7. The third-order valence-corrected chi connectivity index (χ3v) is 4.06. The van der Waals surface area contributed by atoms with E-state index in [1.807, 2.05) is 54.6 Å². The van der Waals surface area contributed by atoms with E-state index in [0.29, 0.717) is 13.2 Å². The number of aromatic nitrogens is 1. The predicted octanol–water partition coefficient (Wildman–Crippen LogP) is 3.99. The number of benzene rings is 2. The molecule has 0 bridgehead atoms. The number of pyridine rings is 1. The fraction of sp³-hybridized carbons (Fsp3) is 0.211. The van der Waals surface area contributed by atoms with Crippen LogP contribution in [0.1, 0.15) is 5.56 Å². The van der Waals surface area contributed by atoms with E-state index in [9.17, 15) is 5.11 Å². The molecule has 3 aromatic rings. The molecule has 5 heteroatoms. The summed E-state index contributed by atoms with van der Waals surface area (Å²) < 4.78 is 6.51. The van der Waals surface area contributed by atoms with Gasteiger partial charge in [0.05, 0.1) is 30.5 Å². The van der Waals surface area contributed by atoms with Gasteiger partial charge in [-0.15, -0.1) is 0 Å². The SMILES string of the molecule is OC(CNc1cccc2cc(Br)cnc12)COCc1ccccc1. The first-order valence-corrected chi connectivity index (χ1v) is 8.59. The van der Waals surface area contributed by atoms with Gasteiger partial charge in [0.15, 0.2) is 0 Å². The standard InChI is InChI=1S/C19H19BrN2O2/c20-16-9-15-7-4-8-18(19(15)22-10-16)21-11-17(23)13-24-12-14-5-2-1-3-6-14/h1-10,17,21,23H,11-13H2. The van der Waals surface area contributed by atoms with E-state index in [-0.39, 0.29) is 6.61 Å². The third-order valence-electron chi connectivity index (χ3n) is 3.63. The largest absolute Gasteiger partial charge is 0.389 e. The highest BCUT2D eigenvalue weighted by atomic mass is 79.9. The summed E-state index contributed by atoms with van der Waals surface area (Å²) in [6, 6.07) is 17.9. The van der Waals surface area contributed by atoms with Crippen molar-refractivity contribution < 1.29 is 9.84 Å². The molecule has 1 atom stereocenters. The molecule has 1 heterocycles. The van der Waals surface area contributed by atoms with Crippen molar-refractivity contribution in [1.82, 2.24) is 4.98 Å². The fourth-order valence-electron chi connectivity index (χ4n) is 2.45. The van der Waals surface area contributed by atoms with Crippen LogP contribution in [0.4, 0.5) is 5.69 Å². The van der Waals surface area contributed by atoms with E-state index < -0.39 is 6.10 Å². The molecule has 2 aromatic carbocycles. The molecule has 0 saturated carbocycles. The minimum atomic E-state index is -0.584. The van der Waals surface area contributed by atoms with Crippen LogP contribution in [0.3, 0.4) is 0 Å². The van der Waals surface area contributed by atoms with E-state index >= 15 is 0 Å². The topological polar surface area (TPSA) is 54.4 Å². The highest BCUT2D eigenvalue weighted by Crippen LogP contribution is 2.23. The van der Waals surface area contributed by atoms with Crippen molar-refractivity contribution in [2.45, 2.75) is 12.7 Å². The van der Waals surface area contributed by atoms with Gasteiger partial charge < -0.3 is 15.2 Å². The summed E-state index contributed by atoms with van der Waals surface area (Å²) in [5.41, 5.74) is 2.89. The normalized spacial score (nSPS) is 12.2. The lowest BCUT2D eigenvalue weighted by Crippen LogP contribution is -2.24. The second-order valence-corrected chi connectivity index (χ2v) is 6.48. The number of anilines is 1. The van der Waals surface area contributed by atoms with Crippen molar-refractivity contribution in [1.29, 1.82) is 0 Å². The number of fused-ring (bicyclic) bond motifs is 1. The first kappa shape index (κ1) is 16.9. The maximum atomic E-state index is 10.1. The van der Waals surface area contributed by atoms with Gasteiger partial charge in [-0.1, -0.05) is 42.5 Å². The Balaban J connectivity index is 1.52. The first-order valence-electron chi connectivity index (χ1n) is 7.80. The number of nitrogens with zero attached hydrogens (tertiary/aromatic N) is 1. The monoisotopic (exact) mass is 386 g/mol.